The molecular weight excluding hydrogens is 292 g/mol. The highest BCUT2D eigenvalue weighted by Gasteiger charge is 2.33. The molecule has 6 nitrogen and oxygen atoms in total. The highest BCUT2D eigenvalue weighted by molar-refractivity contribution is 5.76. The number of aliphatic hydroxyl groups is 1. The van der Waals surface area contributed by atoms with Crippen molar-refractivity contribution in [2.24, 2.45) is 5.92 Å². The second kappa shape index (κ2) is 7.37. The maximum Gasteiger partial charge on any atom is 0.220 e. The molecule has 2 aromatic rings. The van der Waals surface area contributed by atoms with Crippen LogP contribution < -0.4 is 5.32 Å². The summed E-state index contributed by atoms with van der Waals surface area (Å²) in [5.74, 6) is 0.360. The Kier molecular flexibility index (Phi) is 5.02. The molecule has 6 heteroatoms. The van der Waals surface area contributed by atoms with Gasteiger partial charge in [0.05, 0.1) is 18.5 Å². The third-order valence-corrected chi connectivity index (χ3v) is 4.39. The molecule has 0 bridgehead atoms. The molecule has 0 aliphatic heterocycles. The van der Waals surface area contributed by atoms with Crippen LogP contribution in [0.25, 0.3) is 0 Å². The summed E-state index contributed by atoms with van der Waals surface area (Å²) in [7, 11) is 0. The van der Waals surface area contributed by atoms with E-state index in [-0.39, 0.29) is 11.9 Å². The molecule has 3 atom stereocenters. The van der Waals surface area contributed by atoms with Crippen LogP contribution in [0.2, 0.25) is 0 Å². The van der Waals surface area contributed by atoms with Crippen molar-refractivity contribution in [2.45, 2.75) is 44.4 Å². The highest BCUT2D eigenvalue weighted by Crippen LogP contribution is 2.27. The average molecular weight is 314 g/mol. The van der Waals surface area contributed by atoms with Gasteiger partial charge in [0.15, 0.2) is 0 Å². The van der Waals surface area contributed by atoms with Gasteiger partial charge in [-0.25, -0.2) is 4.98 Å². The van der Waals surface area contributed by atoms with Gasteiger partial charge in [-0.15, -0.1) is 0 Å². The molecule has 3 rings (SSSR count). The molecule has 0 aromatic carbocycles. The number of aryl methyl sites for hydroxylation is 1. The zero-order valence-electron chi connectivity index (χ0n) is 13.0. The minimum Gasteiger partial charge on any atom is -0.391 e. The van der Waals surface area contributed by atoms with Gasteiger partial charge in [0.25, 0.3) is 0 Å². The van der Waals surface area contributed by atoms with Gasteiger partial charge in [-0.2, -0.15) is 0 Å². The zero-order chi connectivity index (χ0) is 16.1. The summed E-state index contributed by atoms with van der Waals surface area (Å²) in [6.45, 7) is 0.834. The second-order valence-corrected chi connectivity index (χ2v) is 6.19. The molecule has 1 saturated carbocycles. The molecule has 122 valence electrons. The van der Waals surface area contributed by atoms with E-state index in [1.54, 1.807) is 24.9 Å². The quantitative estimate of drug-likeness (QED) is 0.839. The van der Waals surface area contributed by atoms with Crippen molar-refractivity contribution < 1.29 is 9.90 Å². The number of aliphatic hydroxyl groups excluding tert-OH is 1. The van der Waals surface area contributed by atoms with E-state index in [9.17, 15) is 9.90 Å². The molecular formula is C17H22N4O2. The van der Waals surface area contributed by atoms with Crippen molar-refractivity contribution in [1.29, 1.82) is 0 Å². The second-order valence-electron chi connectivity index (χ2n) is 6.19. The monoisotopic (exact) mass is 314 g/mol. The lowest BCUT2D eigenvalue weighted by Crippen LogP contribution is -2.40. The van der Waals surface area contributed by atoms with Crippen molar-refractivity contribution in [3.05, 3.63) is 48.8 Å². The lowest BCUT2D eigenvalue weighted by molar-refractivity contribution is -0.122. The maximum absolute atomic E-state index is 12.1. The summed E-state index contributed by atoms with van der Waals surface area (Å²) in [5, 5.41) is 13.2. The lowest BCUT2D eigenvalue weighted by atomic mass is 10.1. The number of carbonyl (C=O) groups is 1. The Morgan fingerprint density at radius 1 is 1.26 bits per heavy atom. The summed E-state index contributed by atoms with van der Waals surface area (Å²) in [4.78, 5) is 20.1. The summed E-state index contributed by atoms with van der Waals surface area (Å²) in [6, 6.07) is 3.69. The molecule has 2 aromatic heterocycles. The predicted molar refractivity (Wildman–Crippen MR) is 85.4 cm³/mol. The lowest BCUT2D eigenvalue weighted by Gasteiger charge is -2.16. The molecule has 1 aliphatic rings. The van der Waals surface area contributed by atoms with Gasteiger partial charge in [-0.1, -0.05) is 0 Å². The first-order valence-corrected chi connectivity index (χ1v) is 8.03. The minimum absolute atomic E-state index is 0.00542. The van der Waals surface area contributed by atoms with Gasteiger partial charge in [0.2, 0.25) is 5.91 Å². The van der Waals surface area contributed by atoms with Crippen LogP contribution in [0.3, 0.4) is 0 Å². The number of rotatable bonds is 6. The molecule has 1 fully saturated rings. The number of nitrogens with zero attached hydrogens (tertiary/aromatic N) is 3. The van der Waals surface area contributed by atoms with E-state index in [0.29, 0.717) is 25.2 Å². The molecule has 1 amide bonds. The topological polar surface area (TPSA) is 80.0 Å². The Balaban J connectivity index is 1.45. The SMILES string of the molecule is O=C(CCc1ccncc1)N[C@@H]1CC(Cn2ccnc2)C[C@H]1O. The molecule has 1 unspecified atom stereocenters. The molecule has 1 aliphatic carbocycles. The van der Waals surface area contributed by atoms with Crippen LogP contribution in [0, 0.1) is 5.92 Å². The third kappa shape index (κ3) is 4.39. The minimum atomic E-state index is -0.464. The van der Waals surface area contributed by atoms with Crippen LogP contribution >= 0.6 is 0 Å². The Labute approximate surface area is 135 Å². The van der Waals surface area contributed by atoms with Crippen molar-refractivity contribution in [3.63, 3.8) is 0 Å². The summed E-state index contributed by atoms with van der Waals surface area (Å²) in [6.07, 6.45) is 11.1. The number of hydrogen-bond donors (Lipinski definition) is 2. The Morgan fingerprint density at radius 2 is 2.09 bits per heavy atom. The fourth-order valence-electron chi connectivity index (χ4n) is 3.20. The van der Waals surface area contributed by atoms with E-state index in [2.05, 4.69) is 15.3 Å². The first kappa shape index (κ1) is 15.7. The third-order valence-electron chi connectivity index (χ3n) is 4.39. The van der Waals surface area contributed by atoms with Crippen molar-refractivity contribution in [2.75, 3.05) is 0 Å². The number of nitrogens with one attached hydrogen (secondary N) is 1. The van der Waals surface area contributed by atoms with Gasteiger partial charge in [-0.3, -0.25) is 9.78 Å². The van der Waals surface area contributed by atoms with Gasteiger partial charge in [0, 0.05) is 37.8 Å². The van der Waals surface area contributed by atoms with Crippen LogP contribution in [-0.2, 0) is 17.8 Å². The van der Waals surface area contributed by atoms with E-state index < -0.39 is 6.10 Å². The Hall–Kier alpha value is -2.21. The number of carbonyl (C=O) groups excluding carboxylic acids is 1. The van der Waals surface area contributed by atoms with Crippen LogP contribution in [0.4, 0.5) is 0 Å². The van der Waals surface area contributed by atoms with E-state index in [1.165, 1.54) is 0 Å². The summed E-state index contributed by atoms with van der Waals surface area (Å²) in [5.41, 5.74) is 1.10. The summed E-state index contributed by atoms with van der Waals surface area (Å²) >= 11 is 0. The van der Waals surface area contributed by atoms with Gasteiger partial charge < -0.3 is 15.0 Å². The Morgan fingerprint density at radius 3 is 2.83 bits per heavy atom. The van der Waals surface area contributed by atoms with Gasteiger partial charge in [-0.05, 0) is 42.9 Å². The van der Waals surface area contributed by atoms with Crippen molar-refractivity contribution >= 4 is 5.91 Å². The van der Waals surface area contributed by atoms with E-state index >= 15 is 0 Å². The van der Waals surface area contributed by atoms with Gasteiger partial charge >= 0.3 is 0 Å². The normalized spacial score (nSPS) is 23.8. The number of amides is 1. The molecule has 0 saturated heterocycles. The number of imidazole rings is 1. The standard InChI is InChI=1S/C17H22N4O2/c22-16-10-14(11-21-8-7-19-12-21)9-15(16)20-17(23)2-1-13-3-5-18-6-4-13/h3-8,12,14-16,22H,1-2,9-11H2,(H,20,23)/t14?,15-,16-/m1/s1. The van der Waals surface area contributed by atoms with E-state index in [1.807, 2.05) is 22.9 Å². The van der Waals surface area contributed by atoms with Crippen LogP contribution in [0.5, 0.6) is 0 Å². The van der Waals surface area contributed by atoms with E-state index in [0.717, 1.165) is 18.5 Å². The van der Waals surface area contributed by atoms with Crippen molar-refractivity contribution in [3.8, 4) is 0 Å². The predicted octanol–water partition coefficient (Wildman–Crippen LogP) is 1.17. The molecule has 0 spiro atoms. The number of pyridine rings is 1. The van der Waals surface area contributed by atoms with E-state index in [4.69, 9.17) is 0 Å². The van der Waals surface area contributed by atoms with Crippen LogP contribution in [0.1, 0.15) is 24.8 Å². The molecule has 23 heavy (non-hydrogen) atoms. The van der Waals surface area contributed by atoms with Crippen LogP contribution in [0.15, 0.2) is 43.2 Å². The first-order chi connectivity index (χ1) is 11.2. The summed E-state index contributed by atoms with van der Waals surface area (Å²) < 4.78 is 2.02. The van der Waals surface area contributed by atoms with Gasteiger partial charge in [0.1, 0.15) is 0 Å². The molecule has 2 N–H and O–H groups in total. The largest absolute Gasteiger partial charge is 0.391 e. The molecule has 2 heterocycles. The fourth-order valence-corrected chi connectivity index (χ4v) is 3.20. The highest BCUT2D eigenvalue weighted by atomic mass is 16.3. The Bertz CT molecular complexity index is 615. The number of aromatic nitrogens is 3. The molecule has 0 radical (unpaired) electrons. The fraction of sp³-hybridized carbons (Fsp3) is 0.471. The maximum atomic E-state index is 12.1. The van der Waals surface area contributed by atoms with Crippen molar-refractivity contribution in [1.82, 2.24) is 19.9 Å². The smallest absolute Gasteiger partial charge is 0.220 e. The zero-order valence-corrected chi connectivity index (χ0v) is 13.0. The average Bonchev–Trinajstić information content (AvgIpc) is 3.17. The number of hydrogen-bond acceptors (Lipinski definition) is 4. The first-order valence-electron chi connectivity index (χ1n) is 8.03. The van der Waals surface area contributed by atoms with Crippen LogP contribution in [-0.4, -0.2) is 37.7 Å².